The van der Waals surface area contributed by atoms with Gasteiger partial charge in [0.2, 0.25) is 10.0 Å². The van der Waals surface area contributed by atoms with E-state index in [1.165, 1.54) is 12.1 Å². The third kappa shape index (κ3) is 6.44. The molecule has 0 aliphatic carbocycles. The first-order chi connectivity index (χ1) is 21.0. The molecule has 226 valence electrons. The maximum Gasteiger partial charge on any atom is 0.209 e. The summed E-state index contributed by atoms with van der Waals surface area (Å²) in [5, 5.41) is 21.7. The average molecular weight is 615 g/mol. The number of aromatic nitrogens is 6. The van der Waals surface area contributed by atoms with Gasteiger partial charge >= 0.3 is 0 Å². The van der Waals surface area contributed by atoms with Crippen LogP contribution in [0.1, 0.15) is 25.8 Å². The molecule has 0 aliphatic rings. The molecular weight excluding hydrogens is 583 g/mol. The molecule has 5 aromatic heterocycles. The second-order valence-corrected chi connectivity index (χ2v) is 13.0. The number of H-pyrrole nitrogens is 2. The first-order valence-corrected chi connectivity index (χ1v) is 15.9. The molecule has 0 radical (unpaired) electrons. The fourth-order valence-electron chi connectivity index (χ4n) is 5.12. The van der Waals surface area contributed by atoms with Gasteiger partial charge in [-0.15, -0.1) is 0 Å². The molecule has 11 nitrogen and oxygen atoms in total. The Kier molecular flexibility index (Phi) is 7.84. The molecule has 5 N–H and O–H groups in total. The zero-order valence-electron chi connectivity index (χ0n) is 24.3. The number of sulfonamides is 1. The van der Waals surface area contributed by atoms with Crippen molar-refractivity contribution in [1.29, 1.82) is 0 Å². The monoisotopic (exact) mass is 614 g/mol. The Morgan fingerprint density at radius 3 is 2.64 bits per heavy atom. The van der Waals surface area contributed by atoms with Crippen LogP contribution in [0.4, 0.5) is 10.1 Å². The van der Waals surface area contributed by atoms with Gasteiger partial charge in [0.1, 0.15) is 23.3 Å². The van der Waals surface area contributed by atoms with Gasteiger partial charge in [-0.25, -0.2) is 22.5 Å². The lowest BCUT2D eigenvalue weighted by atomic mass is 10.0. The van der Waals surface area contributed by atoms with Gasteiger partial charge in [0.25, 0.3) is 0 Å². The van der Waals surface area contributed by atoms with Gasteiger partial charge in [-0.3, -0.25) is 15.1 Å². The van der Waals surface area contributed by atoms with Crippen LogP contribution in [0, 0.1) is 11.7 Å². The average Bonchev–Trinajstić information content (AvgIpc) is 3.59. The Balaban J connectivity index is 1.35. The fraction of sp³-hybridized carbons (Fsp3) is 0.226. The van der Waals surface area contributed by atoms with Crippen LogP contribution in [0.2, 0.25) is 0 Å². The van der Waals surface area contributed by atoms with Crippen molar-refractivity contribution in [2.45, 2.75) is 33.0 Å². The Bertz CT molecular complexity index is 2090. The van der Waals surface area contributed by atoms with Crippen LogP contribution in [-0.4, -0.2) is 56.1 Å². The summed E-state index contributed by atoms with van der Waals surface area (Å²) in [4.78, 5) is 17.1. The van der Waals surface area contributed by atoms with E-state index in [4.69, 9.17) is 4.98 Å². The molecule has 13 heteroatoms. The number of anilines is 1. The SMILES string of the molecule is CC(C)CC(O)Nc1cncc(-c2ccc3[nH]nc(-c4cc5c(-c6cc(F)cc(CNS(C)(=O)=O)c6)nccc5[nH]4)c3n2)c1. The Hall–Kier alpha value is -4.72. The number of nitrogens with zero attached hydrogens (tertiary/aromatic N) is 4. The zero-order chi connectivity index (χ0) is 31.0. The molecule has 1 atom stereocenters. The number of aliphatic hydroxyl groups is 1. The first-order valence-electron chi connectivity index (χ1n) is 14.0. The minimum Gasteiger partial charge on any atom is -0.374 e. The molecule has 1 aromatic carbocycles. The van der Waals surface area contributed by atoms with Crippen molar-refractivity contribution in [2.24, 2.45) is 5.92 Å². The van der Waals surface area contributed by atoms with E-state index in [2.05, 4.69) is 35.2 Å². The highest BCUT2D eigenvalue weighted by Crippen LogP contribution is 2.34. The van der Waals surface area contributed by atoms with Crippen molar-refractivity contribution < 1.29 is 17.9 Å². The van der Waals surface area contributed by atoms with Crippen molar-refractivity contribution in [1.82, 2.24) is 34.9 Å². The molecule has 0 amide bonds. The van der Waals surface area contributed by atoms with Gasteiger partial charge in [0.15, 0.2) is 0 Å². The highest BCUT2D eigenvalue weighted by Gasteiger charge is 2.17. The minimum absolute atomic E-state index is 0.0434. The van der Waals surface area contributed by atoms with Crippen LogP contribution in [0.25, 0.3) is 55.8 Å². The van der Waals surface area contributed by atoms with E-state index in [1.54, 1.807) is 24.7 Å². The van der Waals surface area contributed by atoms with Crippen LogP contribution >= 0.6 is 0 Å². The Labute approximate surface area is 253 Å². The first kappa shape index (κ1) is 29.4. The van der Waals surface area contributed by atoms with Crippen molar-refractivity contribution in [2.75, 3.05) is 11.6 Å². The smallest absolute Gasteiger partial charge is 0.209 e. The lowest BCUT2D eigenvalue weighted by Gasteiger charge is -2.16. The van der Waals surface area contributed by atoms with Gasteiger partial charge in [0.05, 0.1) is 40.7 Å². The lowest BCUT2D eigenvalue weighted by molar-refractivity contribution is 0.176. The van der Waals surface area contributed by atoms with Crippen molar-refractivity contribution in [3.05, 3.63) is 78.5 Å². The van der Waals surface area contributed by atoms with E-state index in [0.29, 0.717) is 57.4 Å². The molecule has 1 unspecified atom stereocenters. The summed E-state index contributed by atoms with van der Waals surface area (Å²) in [6.07, 6.45) is 5.98. The standard InChI is InChI=1S/C31H31FN8O3S/c1-17(2)8-28(41)36-22-12-20(15-33-16-22)24-4-5-26-30(38-24)31(40-39-26)27-13-23-25(37-27)6-7-34-29(23)19-9-18(10-21(32)11-19)14-35-44(3,42)43/h4-7,9-13,15-17,28,35-37,41H,8,14H2,1-3H3,(H,39,40). The van der Waals surface area contributed by atoms with Crippen LogP contribution < -0.4 is 10.0 Å². The topological polar surface area (TPSA) is 162 Å². The van der Waals surface area contributed by atoms with Crippen LogP contribution in [0.15, 0.2) is 67.1 Å². The molecule has 0 saturated carbocycles. The minimum atomic E-state index is -3.44. The van der Waals surface area contributed by atoms with Crippen LogP contribution in [0.5, 0.6) is 0 Å². The van der Waals surface area contributed by atoms with E-state index < -0.39 is 22.1 Å². The van der Waals surface area contributed by atoms with Gasteiger partial charge in [-0.2, -0.15) is 5.10 Å². The largest absolute Gasteiger partial charge is 0.374 e. The summed E-state index contributed by atoms with van der Waals surface area (Å²) in [5.41, 5.74) is 7.09. The van der Waals surface area contributed by atoms with Gasteiger partial charge in [0, 0.05) is 41.0 Å². The summed E-state index contributed by atoms with van der Waals surface area (Å²) >= 11 is 0. The Morgan fingerprint density at radius 2 is 1.84 bits per heavy atom. The number of fused-ring (bicyclic) bond motifs is 2. The molecule has 6 aromatic rings. The number of pyridine rings is 3. The van der Waals surface area contributed by atoms with E-state index in [1.807, 2.05) is 44.2 Å². The molecule has 0 saturated heterocycles. The second-order valence-electron chi connectivity index (χ2n) is 11.2. The van der Waals surface area contributed by atoms with Crippen molar-refractivity contribution in [3.8, 4) is 33.9 Å². The third-order valence-electron chi connectivity index (χ3n) is 7.04. The van der Waals surface area contributed by atoms with E-state index in [-0.39, 0.29) is 6.54 Å². The fourth-order valence-corrected chi connectivity index (χ4v) is 5.55. The predicted molar refractivity (Wildman–Crippen MR) is 168 cm³/mol. The molecule has 0 fully saturated rings. The Morgan fingerprint density at radius 1 is 1.00 bits per heavy atom. The molecular formula is C31H31FN8O3S. The maximum absolute atomic E-state index is 14.6. The number of halogens is 1. The summed E-state index contributed by atoms with van der Waals surface area (Å²) < 4.78 is 40.1. The number of aliphatic hydroxyl groups excluding tert-OH is 1. The van der Waals surface area contributed by atoms with Crippen molar-refractivity contribution in [3.63, 3.8) is 0 Å². The molecule has 5 heterocycles. The molecule has 6 rings (SSSR count). The van der Waals surface area contributed by atoms with E-state index in [0.717, 1.165) is 28.2 Å². The quantitative estimate of drug-likeness (QED) is 0.132. The van der Waals surface area contributed by atoms with Crippen molar-refractivity contribution >= 4 is 37.6 Å². The number of aromatic amines is 2. The summed E-state index contributed by atoms with van der Waals surface area (Å²) in [6, 6.07) is 13.8. The second kappa shape index (κ2) is 11.8. The number of benzene rings is 1. The maximum atomic E-state index is 14.6. The summed E-state index contributed by atoms with van der Waals surface area (Å²) in [5.74, 6) is -0.162. The summed E-state index contributed by atoms with van der Waals surface area (Å²) in [7, 11) is -3.44. The van der Waals surface area contributed by atoms with E-state index >= 15 is 0 Å². The zero-order valence-corrected chi connectivity index (χ0v) is 25.1. The number of nitrogens with one attached hydrogen (secondary N) is 4. The van der Waals surface area contributed by atoms with Gasteiger partial charge < -0.3 is 15.4 Å². The highest BCUT2D eigenvalue weighted by atomic mass is 32.2. The summed E-state index contributed by atoms with van der Waals surface area (Å²) in [6.45, 7) is 4.05. The van der Waals surface area contributed by atoms with Gasteiger partial charge in [-0.1, -0.05) is 13.8 Å². The molecule has 0 bridgehead atoms. The highest BCUT2D eigenvalue weighted by molar-refractivity contribution is 7.88. The van der Waals surface area contributed by atoms with Crippen LogP contribution in [0.3, 0.4) is 0 Å². The third-order valence-corrected chi connectivity index (χ3v) is 7.71. The lowest BCUT2D eigenvalue weighted by Crippen LogP contribution is -2.21. The number of hydrogen-bond donors (Lipinski definition) is 5. The molecule has 44 heavy (non-hydrogen) atoms. The molecule has 0 aliphatic heterocycles. The van der Waals surface area contributed by atoms with E-state index in [9.17, 15) is 17.9 Å². The predicted octanol–water partition coefficient (Wildman–Crippen LogP) is 5.19. The number of hydrogen-bond acceptors (Lipinski definition) is 8. The number of rotatable bonds is 10. The normalized spacial score (nSPS) is 12.8. The van der Waals surface area contributed by atoms with Crippen LogP contribution in [-0.2, 0) is 16.6 Å². The van der Waals surface area contributed by atoms with Gasteiger partial charge in [-0.05, 0) is 66.4 Å². The molecule has 0 spiro atoms.